The Hall–Kier alpha value is -3.15. The number of rotatable bonds is 5. The number of likely N-dealkylation sites (tertiary alicyclic amines) is 1. The molecule has 1 aromatic heterocycles. The quantitative estimate of drug-likeness (QED) is 0.744. The molecule has 1 N–H and O–H groups in total. The standard InChI is InChI=1S/C22H24N4O2/c1-15-23-18-13-17(10-11-20(18)25(15)2)22(28)24-19(16-7-4-3-5-8-16)14-26-12-6-9-21(26)27/h3-5,7-8,10-11,13,19H,6,9,12,14H2,1-2H3,(H,24,28)/t19-/m1/s1. The lowest BCUT2D eigenvalue weighted by Gasteiger charge is -2.25. The molecule has 1 fully saturated rings. The largest absolute Gasteiger partial charge is 0.343 e. The molecule has 2 aromatic carbocycles. The zero-order chi connectivity index (χ0) is 19.7. The Labute approximate surface area is 164 Å². The van der Waals surface area contributed by atoms with Crippen LogP contribution in [0.25, 0.3) is 11.0 Å². The maximum atomic E-state index is 13.0. The zero-order valence-corrected chi connectivity index (χ0v) is 16.2. The first-order valence-electron chi connectivity index (χ1n) is 9.59. The lowest BCUT2D eigenvalue weighted by atomic mass is 10.1. The van der Waals surface area contributed by atoms with E-state index in [4.69, 9.17) is 0 Å². The smallest absolute Gasteiger partial charge is 0.251 e. The van der Waals surface area contributed by atoms with Gasteiger partial charge in [0.15, 0.2) is 0 Å². The molecule has 28 heavy (non-hydrogen) atoms. The van der Waals surface area contributed by atoms with Crippen molar-refractivity contribution >= 4 is 22.8 Å². The third kappa shape index (κ3) is 3.50. The Kier molecular flexibility index (Phi) is 4.86. The Morgan fingerprint density at radius 3 is 2.71 bits per heavy atom. The van der Waals surface area contributed by atoms with E-state index in [-0.39, 0.29) is 17.9 Å². The summed E-state index contributed by atoms with van der Waals surface area (Å²) in [6, 6.07) is 15.1. The summed E-state index contributed by atoms with van der Waals surface area (Å²) in [6.07, 6.45) is 1.47. The molecule has 4 rings (SSSR count). The summed E-state index contributed by atoms with van der Waals surface area (Å²) in [5, 5.41) is 3.12. The Morgan fingerprint density at radius 1 is 1.21 bits per heavy atom. The summed E-state index contributed by atoms with van der Waals surface area (Å²) in [4.78, 5) is 31.4. The number of nitrogens with zero attached hydrogens (tertiary/aromatic N) is 3. The van der Waals surface area contributed by atoms with E-state index in [0.717, 1.165) is 35.4 Å². The van der Waals surface area contributed by atoms with Gasteiger partial charge in [0.05, 0.1) is 17.1 Å². The second-order valence-electron chi connectivity index (χ2n) is 7.30. The Balaban J connectivity index is 1.58. The SMILES string of the molecule is Cc1nc2cc(C(=O)N[C@H](CN3CCCC3=O)c3ccccc3)ccc2n1C. The zero-order valence-electron chi connectivity index (χ0n) is 16.2. The fourth-order valence-electron chi connectivity index (χ4n) is 3.74. The summed E-state index contributed by atoms with van der Waals surface area (Å²) in [6.45, 7) is 3.18. The maximum Gasteiger partial charge on any atom is 0.251 e. The molecule has 0 unspecified atom stereocenters. The summed E-state index contributed by atoms with van der Waals surface area (Å²) in [5.74, 6) is 0.897. The number of fused-ring (bicyclic) bond motifs is 1. The third-order valence-electron chi connectivity index (χ3n) is 5.45. The average Bonchev–Trinajstić information content (AvgIpc) is 3.24. The van der Waals surface area contributed by atoms with Gasteiger partial charge in [-0.3, -0.25) is 9.59 Å². The van der Waals surface area contributed by atoms with Gasteiger partial charge in [-0.2, -0.15) is 0 Å². The topological polar surface area (TPSA) is 67.2 Å². The number of carbonyl (C=O) groups is 2. The van der Waals surface area contributed by atoms with E-state index in [9.17, 15) is 9.59 Å². The van der Waals surface area contributed by atoms with Crippen LogP contribution in [0.15, 0.2) is 48.5 Å². The van der Waals surface area contributed by atoms with Crippen molar-refractivity contribution in [2.45, 2.75) is 25.8 Å². The van der Waals surface area contributed by atoms with E-state index in [2.05, 4.69) is 10.3 Å². The first kappa shape index (κ1) is 18.2. The van der Waals surface area contributed by atoms with Crippen LogP contribution in [0.5, 0.6) is 0 Å². The molecule has 0 spiro atoms. The minimum absolute atomic E-state index is 0.153. The van der Waals surface area contributed by atoms with Crippen LogP contribution < -0.4 is 5.32 Å². The highest BCUT2D eigenvalue weighted by atomic mass is 16.2. The third-order valence-corrected chi connectivity index (χ3v) is 5.45. The normalized spacial score (nSPS) is 15.2. The lowest BCUT2D eigenvalue weighted by molar-refractivity contribution is -0.128. The van der Waals surface area contributed by atoms with Gasteiger partial charge in [0, 0.05) is 32.1 Å². The van der Waals surface area contributed by atoms with Crippen LogP contribution in [0.4, 0.5) is 0 Å². The first-order chi connectivity index (χ1) is 13.5. The molecule has 0 radical (unpaired) electrons. The van der Waals surface area contributed by atoms with Crippen molar-refractivity contribution < 1.29 is 9.59 Å². The summed E-state index contributed by atoms with van der Waals surface area (Å²) in [5.41, 5.74) is 3.36. The molecule has 2 amide bonds. The number of nitrogens with one attached hydrogen (secondary N) is 1. The van der Waals surface area contributed by atoms with Crippen LogP contribution in [0.2, 0.25) is 0 Å². The number of amides is 2. The molecule has 1 saturated heterocycles. The van der Waals surface area contributed by atoms with Crippen LogP contribution in [-0.4, -0.2) is 39.4 Å². The van der Waals surface area contributed by atoms with Crippen molar-refractivity contribution in [3.63, 3.8) is 0 Å². The van der Waals surface area contributed by atoms with E-state index in [1.165, 1.54) is 0 Å². The van der Waals surface area contributed by atoms with Crippen molar-refractivity contribution in [3.8, 4) is 0 Å². The minimum Gasteiger partial charge on any atom is -0.343 e. The van der Waals surface area contributed by atoms with E-state index < -0.39 is 0 Å². The van der Waals surface area contributed by atoms with Gasteiger partial charge >= 0.3 is 0 Å². The first-order valence-corrected chi connectivity index (χ1v) is 9.59. The molecule has 6 heteroatoms. The van der Waals surface area contributed by atoms with Gasteiger partial charge in [-0.05, 0) is 37.1 Å². The number of hydrogen-bond acceptors (Lipinski definition) is 3. The van der Waals surface area contributed by atoms with Crippen molar-refractivity contribution in [1.82, 2.24) is 19.8 Å². The van der Waals surface area contributed by atoms with E-state index in [0.29, 0.717) is 18.5 Å². The van der Waals surface area contributed by atoms with Crippen molar-refractivity contribution in [2.24, 2.45) is 7.05 Å². The van der Waals surface area contributed by atoms with Crippen LogP contribution in [0, 0.1) is 6.92 Å². The monoisotopic (exact) mass is 376 g/mol. The van der Waals surface area contributed by atoms with Crippen LogP contribution in [0.3, 0.4) is 0 Å². The molecule has 0 aliphatic carbocycles. The number of aryl methyl sites for hydroxylation is 2. The lowest BCUT2D eigenvalue weighted by Crippen LogP contribution is -2.38. The van der Waals surface area contributed by atoms with Crippen LogP contribution >= 0.6 is 0 Å². The molecular formula is C22H24N4O2. The van der Waals surface area contributed by atoms with Gasteiger partial charge in [-0.1, -0.05) is 30.3 Å². The number of carbonyl (C=O) groups excluding carboxylic acids is 2. The molecular weight excluding hydrogens is 352 g/mol. The number of imidazole rings is 1. The van der Waals surface area contributed by atoms with Gasteiger partial charge in [0.2, 0.25) is 5.91 Å². The highest BCUT2D eigenvalue weighted by molar-refractivity contribution is 5.97. The summed E-state index contributed by atoms with van der Waals surface area (Å²) < 4.78 is 2.00. The van der Waals surface area contributed by atoms with Crippen molar-refractivity contribution in [2.75, 3.05) is 13.1 Å². The van der Waals surface area contributed by atoms with E-state index >= 15 is 0 Å². The molecule has 1 aliphatic heterocycles. The minimum atomic E-state index is -0.253. The van der Waals surface area contributed by atoms with E-state index in [1.54, 1.807) is 0 Å². The second-order valence-corrected chi connectivity index (χ2v) is 7.30. The van der Waals surface area contributed by atoms with Gasteiger partial charge in [-0.25, -0.2) is 4.98 Å². The Morgan fingerprint density at radius 2 is 2.00 bits per heavy atom. The van der Waals surface area contributed by atoms with Gasteiger partial charge in [0.25, 0.3) is 5.91 Å². The molecule has 0 saturated carbocycles. The molecule has 144 valence electrons. The molecule has 3 aromatic rings. The molecule has 6 nitrogen and oxygen atoms in total. The van der Waals surface area contributed by atoms with Crippen LogP contribution in [0.1, 0.15) is 40.6 Å². The highest BCUT2D eigenvalue weighted by Crippen LogP contribution is 2.21. The highest BCUT2D eigenvalue weighted by Gasteiger charge is 2.25. The second kappa shape index (κ2) is 7.46. The maximum absolute atomic E-state index is 13.0. The van der Waals surface area contributed by atoms with Crippen molar-refractivity contribution in [1.29, 1.82) is 0 Å². The predicted molar refractivity (Wildman–Crippen MR) is 108 cm³/mol. The Bertz CT molecular complexity index is 1030. The van der Waals surface area contributed by atoms with Gasteiger partial charge < -0.3 is 14.8 Å². The fourth-order valence-corrected chi connectivity index (χ4v) is 3.74. The van der Waals surface area contributed by atoms with E-state index in [1.807, 2.05) is 72.0 Å². The fraction of sp³-hybridized carbons (Fsp3) is 0.318. The molecule has 2 heterocycles. The molecule has 0 bridgehead atoms. The molecule has 1 aliphatic rings. The number of benzene rings is 2. The summed E-state index contributed by atoms with van der Waals surface area (Å²) >= 11 is 0. The number of aromatic nitrogens is 2. The molecule has 1 atom stereocenters. The average molecular weight is 376 g/mol. The van der Waals surface area contributed by atoms with Gasteiger partial charge in [-0.15, -0.1) is 0 Å². The number of hydrogen-bond donors (Lipinski definition) is 1. The summed E-state index contributed by atoms with van der Waals surface area (Å²) in [7, 11) is 1.96. The van der Waals surface area contributed by atoms with Gasteiger partial charge in [0.1, 0.15) is 5.82 Å². The predicted octanol–water partition coefficient (Wildman–Crippen LogP) is 2.98. The van der Waals surface area contributed by atoms with Crippen molar-refractivity contribution in [3.05, 3.63) is 65.5 Å². The van der Waals surface area contributed by atoms with Crippen LogP contribution in [-0.2, 0) is 11.8 Å².